The minimum Gasteiger partial charge on any atom is -0.366 e. The number of anilines is 1. The lowest BCUT2D eigenvalue weighted by molar-refractivity contribution is -0.131. The Balaban J connectivity index is 1.66. The standard InChI is InChI=1S/C17H22N2O2/c20-16(15-11-18-9-10-21-15)19-12-17(7-3-4-8-17)13-5-1-2-6-14(13)19/h1-2,5-6,15,18H,3-4,7-12H2. The summed E-state index contributed by atoms with van der Waals surface area (Å²) in [7, 11) is 0. The summed E-state index contributed by atoms with van der Waals surface area (Å²) < 4.78 is 5.66. The van der Waals surface area contributed by atoms with Gasteiger partial charge in [0.2, 0.25) is 0 Å². The van der Waals surface area contributed by atoms with Crippen molar-refractivity contribution < 1.29 is 9.53 Å². The second kappa shape index (κ2) is 5.11. The predicted molar refractivity (Wildman–Crippen MR) is 81.6 cm³/mol. The first-order chi connectivity index (χ1) is 10.3. The lowest BCUT2D eigenvalue weighted by Crippen LogP contribution is -2.50. The van der Waals surface area contributed by atoms with Crippen molar-refractivity contribution in [3.05, 3.63) is 29.8 Å². The molecule has 0 aromatic heterocycles. The first-order valence-electron chi connectivity index (χ1n) is 8.03. The Morgan fingerprint density at radius 2 is 2.10 bits per heavy atom. The van der Waals surface area contributed by atoms with Crippen molar-refractivity contribution in [3.63, 3.8) is 0 Å². The van der Waals surface area contributed by atoms with Gasteiger partial charge in [0.25, 0.3) is 5.91 Å². The lowest BCUT2D eigenvalue weighted by Gasteiger charge is -2.29. The fourth-order valence-corrected chi connectivity index (χ4v) is 4.20. The molecule has 1 amide bonds. The zero-order chi connectivity index (χ0) is 14.3. The molecule has 21 heavy (non-hydrogen) atoms. The van der Waals surface area contributed by atoms with E-state index >= 15 is 0 Å². The molecule has 112 valence electrons. The van der Waals surface area contributed by atoms with E-state index in [0.717, 1.165) is 18.8 Å². The van der Waals surface area contributed by atoms with Crippen LogP contribution < -0.4 is 10.2 Å². The van der Waals surface area contributed by atoms with Crippen LogP contribution >= 0.6 is 0 Å². The number of morpholine rings is 1. The van der Waals surface area contributed by atoms with Gasteiger partial charge in [0.15, 0.2) is 0 Å². The van der Waals surface area contributed by atoms with Crippen LogP contribution in [0, 0.1) is 0 Å². The van der Waals surface area contributed by atoms with Gasteiger partial charge in [-0.05, 0) is 24.5 Å². The predicted octanol–water partition coefficient (Wildman–Crippen LogP) is 1.83. The minimum atomic E-state index is -0.330. The van der Waals surface area contributed by atoms with Crippen molar-refractivity contribution in [1.29, 1.82) is 0 Å². The van der Waals surface area contributed by atoms with Crippen LogP contribution in [-0.2, 0) is 14.9 Å². The number of carbonyl (C=O) groups excluding carboxylic acids is 1. The van der Waals surface area contributed by atoms with E-state index in [1.165, 1.54) is 31.2 Å². The highest BCUT2D eigenvalue weighted by Gasteiger charge is 2.47. The maximum Gasteiger partial charge on any atom is 0.257 e. The maximum absolute atomic E-state index is 12.9. The zero-order valence-corrected chi connectivity index (χ0v) is 12.3. The van der Waals surface area contributed by atoms with Crippen LogP contribution in [0.3, 0.4) is 0 Å². The molecule has 2 aliphatic heterocycles. The average Bonchev–Trinajstić information content (AvgIpc) is 3.15. The van der Waals surface area contributed by atoms with Crippen LogP contribution in [0.5, 0.6) is 0 Å². The van der Waals surface area contributed by atoms with Crippen molar-refractivity contribution in [3.8, 4) is 0 Å². The molecule has 1 unspecified atom stereocenters. The number of benzene rings is 1. The molecule has 4 heteroatoms. The third-order valence-electron chi connectivity index (χ3n) is 5.26. The molecule has 0 bridgehead atoms. The molecule has 1 N–H and O–H groups in total. The van der Waals surface area contributed by atoms with E-state index in [1.54, 1.807) is 0 Å². The summed E-state index contributed by atoms with van der Waals surface area (Å²) in [5.41, 5.74) is 2.69. The number of fused-ring (bicyclic) bond motifs is 2. The van der Waals surface area contributed by atoms with Crippen LogP contribution in [0.1, 0.15) is 31.2 Å². The van der Waals surface area contributed by atoms with Crippen molar-refractivity contribution in [1.82, 2.24) is 5.32 Å². The van der Waals surface area contributed by atoms with Gasteiger partial charge in [0.05, 0.1) is 6.61 Å². The summed E-state index contributed by atoms with van der Waals surface area (Å²) in [4.78, 5) is 14.8. The van der Waals surface area contributed by atoms with Crippen LogP contribution in [-0.4, -0.2) is 38.3 Å². The van der Waals surface area contributed by atoms with Gasteiger partial charge in [0.1, 0.15) is 6.10 Å². The Kier molecular flexibility index (Phi) is 3.23. The maximum atomic E-state index is 12.9. The molecule has 2 fully saturated rings. The van der Waals surface area contributed by atoms with Crippen LogP contribution in [0.4, 0.5) is 5.69 Å². The Morgan fingerprint density at radius 1 is 1.29 bits per heavy atom. The molecule has 4 nitrogen and oxygen atoms in total. The normalized spacial score (nSPS) is 27.0. The topological polar surface area (TPSA) is 41.6 Å². The molecule has 1 aliphatic carbocycles. The van der Waals surface area contributed by atoms with E-state index in [9.17, 15) is 4.79 Å². The third kappa shape index (κ3) is 2.09. The second-order valence-corrected chi connectivity index (χ2v) is 6.49. The molecule has 1 spiro atoms. The van der Waals surface area contributed by atoms with E-state index < -0.39 is 0 Å². The van der Waals surface area contributed by atoms with E-state index in [1.807, 2.05) is 11.0 Å². The molecule has 1 atom stereocenters. The molecule has 1 aromatic carbocycles. The molecular formula is C17H22N2O2. The Morgan fingerprint density at radius 3 is 2.86 bits per heavy atom. The Labute approximate surface area is 125 Å². The number of carbonyl (C=O) groups is 1. The van der Waals surface area contributed by atoms with Gasteiger partial charge in [-0.25, -0.2) is 0 Å². The average molecular weight is 286 g/mol. The van der Waals surface area contributed by atoms with Crippen molar-refractivity contribution in [2.75, 3.05) is 31.1 Å². The number of rotatable bonds is 1. The molecule has 2 heterocycles. The lowest BCUT2D eigenvalue weighted by atomic mass is 9.81. The van der Waals surface area contributed by atoms with Crippen molar-refractivity contribution >= 4 is 11.6 Å². The number of hydrogen-bond acceptors (Lipinski definition) is 3. The Bertz CT molecular complexity index is 545. The molecule has 1 saturated carbocycles. The molecular weight excluding hydrogens is 264 g/mol. The molecule has 1 aromatic rings. The summed E-state index contributed by atoms with van der Waals surface area (Å²) >= 11 is 0. The van der Waals surface area contributed by atoms with Crippen LogP contribution in [0.15, 0.2) is 24.3 Å². The number of ether oxygens (including phenoxy) is 1. The summed E-state index contributed by atoms with van der Waals surface area (Å²) in [6, 6.07) is 8.45. The first-order valence-corrected chi connectivity index (χ1v) is 8.03. The van der Waals surface area contributed by atoms with Crippen molar-refractivity contribution in [2.45, 2.75) is 37.2 Å². The van der Waals surface area contributed by atoms with Gasteiger partial charge in [-0.2, -0.15) is 0 Å². The quantitative estimate of drug-likeness (QED) is 0.856. The van der Waals surface area contributed by atoms with Crippen molar-refractivity contribution in [2.24, 2.45) is 0 Å². The highest BCUT2D eigenvalue weighted by atomic mass is 16.5. The van der Waals surface area contributed by atoms with E-state index in [-0.39, 0.29) is 17.4 Å². The number of amides is 1. The highest BCUT2D eigenvalue weighted by Crippen LogP contribution is 2.50. The monoisotopic (exact) mass is 286 g/mol. The summed E-state index contributed by atoms with van der Waals surface area (Å²) in [6.07, 6.45) is 4.63. The van der Waals surface area contributed by atoms with E-state index in [2.05, 4.69) is 23.5 Å². The van der Waals surface area contributed by atoms with Gasteiger partial charge < -0.3 is 15.0 Å². The molecule has 4 rings (SSSR count). The Hall–Kier alpha value is -1.39. The number of nitrogens with zero attached hydrogens (tertiary/aromatic N) is 1. The van der Waals surface area contributed by atoms with Gasteiger partial charge in [0, 0.05) is 30.7 Å². The number of nitrogens with one attached hydrogen (secondary N) is 1. The van der Waals surface area contributed by atoms with E-state index in [0.29, 0.717) is 13.2 Å². The molecule has 3 aliphatic rings. The van der Waals surface area contributed by atoms with Gasteiger partial charge in [-0.15, -0.1) is 0 Å². The minimum absolute atomic E-state index is 0.124. The van der Waals surface area contributed by atoms with Crippen LogP contribution in [0.2, 0.25) is 0 Å². The fraction of sp³-hybridized carbons (Fsp3) is 0.588. The second-order valence-electron chi connectivity index (χ2n) is 6.49. The summed E-state index contributed by atoms with van der Waals surface area (Å²) in [6.45, 7) is 2.93. The SMILES string of the molecule is O=C(C1CNCCO1)N1CC2(CCCC2)c2ccccc21. The molecule has 0 radical (unpaired) electrons. The van der Waals surface area contributed by atoms with Crippen LogP contribution in [0.25, 0.3) is 0 Å². The van der Waals surface area contributed by atoms with Gasteiger partial charge >= 0.3 is 0 Å². The largest absolute Gasteiger partial charge is 0.366 e. The van der Waals surface area contributed by atoms with Gasteiger partial charge in [-0.3, -0.25) is 4.79 Å². The highest BCUT2D eigenvalue weighted by molar-refractivity contribution is 5.99. The first kappa shape index (κ1) is 13.3. The fourth-order valence-electron chi connectivity index (χ4n) is 4.20. The third-order valence-corrected chi connectivity index (χ3v) is 5.26. The number of hydrogen-bond donors (Lipinski definition) is 1. The zero-order valence-electron chi connectivity index (χ0n) is 12.3. The smallest absolute Gasteiger partial charge is 0.257 e. The number of para-hydroxylation sites is 1. The van der Waals surface area contributed by atoms with Gasteiger partial charge in [-0.1, -0.05) is 31.0 Å². The van der Waals surface area contributed by atoms with E-state index in [4.69, 9.17) is 4.74 Å². The summed E-state index contributed by atoms with van der Waals surface area (Å²) in [5, 5.41) is 3.25. The summed E-state index contributed by atoms with van der Waals surface area (Å²) in [5.74, 6) is 0.124. The molecule has 1 saturated heterocycles.